The Morgan fingerprint density at radius 1 is 1.18 bits per heavy atom. The van der Waals surface area contributed by atoms with Gasteiger partial charge in [-0.2, -0.15) is 18.2 Å². The maximum absolute atomic E-state index is 13.0. The number of carbonyl (C=O) groups excluding carboxylic acids is 2. The van der Waals surface area contributed by atoms with Gasteiger partial charge in [0, 0.05) is 30.9 Å². The first-order chi connectivity index (χ1) is 16.3. The number of benzene rings is 2. The minimum atomic E-state index is -4.57. The lowest BCUT2D eigenvalue weighted by Gasteiger charge is -2.26. The average molecular weight is 476 g/mol. The number of halogens is 3. The van der Waals surface area contributed by atoms with Crippen molar-refractivity contribution in [3.63, 3.8) is 0 Å². The third kappa shape index (κ3) is 5.05. The van der Waals surface area contributed by atoms with Gasteiger partial charge < -0.3 is 24.3 Å². The van der Waals surface area contributed by atoms with Gasteiger partial charge in [0.1, 0.15) is 6.61 Å². The number of amides is 2. The SMILES string of the molecule is O=C(/N=c1\[nH]c2cc(N3CCOCC3=O)ccc2n1CCCCO)c1cccc(C(F)(F)F)c1. The van der Waals surface area contributed by atoms with Crippen molar-refractivity contribution in [2.45, 2.75) is 25.6 Å². The summed E-state index contributed by atoms with van der Waals surface area (Å²) < 4.78 is 46.0. The zero-order valence-electron chi connectivity index (χ0n) is 18.1. The number of unbranched alkanes of at least 4 members (excludes halogenated alkanes) is 1. The fraction of sp³-hybridized carbons (Fsp3) is 0.348. The van der Waals surface area contributed by atoms with Gasteiger partial charge in [-0.05, 0) is 49.2 Å². The van der Waals surface area contributed by atoms with E-state index >= 15 is 0 Å². The van der Waals surface area contributed by atoms with Crippen LogP contribution in [0.2, 0.25) is 0 Å². The van der Waals surface area contributed by atoms with Crippen LogP contribution in [0, 0.1) is 0 Å². The molecule has 2 amide bonds. The molecule has 3 aromatic rings. The van der Waals surface area contributed by atoms with Crippen molar-refractivity contribution in [1.82, 2.24) is 9.55 Å². The molecule has 0 aliphatic carbocycles. The number of aromatic amines is 1. The fourth-order valence-corrected chi connectivity index (χ4v) is 3.81. The van der Waals surface area contributed by atoms with E-state index in [4.69, 9.17) is 9.84 Å². The largest absolute Gasteiger partial charge is 0.416 e. The Hall–Kier alpha value is -3.44. The highest BCUT2D eigenvalue weighted by molar-refractivity contribution is 5.97. The number of aromatic nitrogens is 2. The third-order valence-corrected chi connectivity index (χ3v) is 5.50. The number of aliphatic hydroxyl groups excluding tert-OH is 1. The quantitative estimate of drug-likeness (QED) is 0.535. The summed E-state index contributed by atoms with van der Waals surface area (Å²) in [4.78, 5) is 33.6. The predicted molar refractivity (Wildman–Crippen MR) is 117 cm³/mol. The molecule has 1 saturated heterocycles. The molecule has 34 heavy (non-hydrogen) atoms. The topological polar surface area (TPSA) is 99.9 Å². The summed E-state index contributed by atoms with van der Waals surface area (Å²) >= 11 is 0. The number of ether oxygens (including phenoxy) is 1. The summed E-state index contributed by atoms with van der Waals surface area (Å²) in [7, 11) is 0. The number of aliphatic hydroxyl groups is 1. The number of nitrogens with zero attached hydrogens (tertiary/aromatic N) is 3. The fourth-order valence-electron chi connectivity index (χ4n) is 3.81. The molecule has 180 valence electrons. The normalized spacial score (nSPS) is 15.4. The maximum Gasteiger partial charge on any atom is 0.416 e. The van der Waals surface area contributed by atoms with Crippen LogP contribution in [0.3, 0.4) is 0 Å². The second-order valence-corrected chi connectivity index (χ2v) is 7.83. The Morgan fingerprint density at radius 2 is 2.00 bits per heavy atom. The molecule has 0 unspecified atom stereocenters. The van der Waals surface area contributed by atoms with E-state index in [1.165, 1.54) is 6.07 Å². The van der Waals surface area contributed by atoms with E-state index in [1.807, 2.05) is 0 Å². The number of hydrogen-bond donors (Lipinski definition) is 2. The van der Waals surface area contributed by atoms with E-state index in [0.29, 0.717) is 49.3 Å². The smallest absolute Gasteiger partial charge is 0.396 e. The zero-order chi connectivity index (χ0) is 24.3. The van der Waals surface area contributed by atoms with Gasteiger partial charge in [-0.25, -0.2) is 0 Å². The molecule has 1 aliphatic rings. The number of anilines is 1. The van der Waals surface area contributed by atoms with Crippen molar-refractivity contribution < 1.29 is 32.6 Å². The maximum atomic E-state index is 13.0. The number of morpholine rings is 1. The number of fused-ring (bicyclic) bond motifs is 1. The number of imidazole rings is 1. The molecule has 11 heteroatoms. The Bertz CT molecular complexity index is 1280. The molecular weight excluding hydrogens is 453 g/mol. The molecule has 4 rings (SSSR count). The highest BCUT2D eigenvalue weighted by Gasteiger charge is 2.31. The van der Waals surface area contributed by atoms with Crippen molar-refractivity contribution in [2.24, 2.45) is 4.99 Å². The van der Waals surface area contributed by atoms with E-state index < -0.39 is 17.6 Å². The summed E-state index contributed by atoms with van der Waals surface area (Å²) in [5.74, 6) is -0.991. The van der Waals surface area contributed by atoms with Crippen LogP contribution in [0.4, 0.5) is 18.9 Å². The van der Waals surface area contributed by atoms with Gasteiger partial charge in [-0.15, -0.1) is 0 Å². The molecule has 0 radical (unpaired) electrons. The Morgan fingerprint density at radius 3 is 2.74 bits per heavy atom. The number of hydrogen-bond acceptors (Lipinski definition) is 4. The third-order valence-electron chi connectivity index (χ3n) is 5.50. The minimum absolute atomic E-state index is 0.00183. The standard InChI is InChI=1S/C23H23F3N4O4/c24-23(25,26)16-5-3-4-15(12-16)21(33)28-22-27-18-13-17(29-9-11-34-14-20(29)32)6-7-19(18)30(22)8-1-2-10-31/h3-7,12-13,31H,1-2,8-11,14H2,(H,27,28,33). The van der Waals surface area contributed by atoms with E-state index in [-0.39, 0.29) is 30.3 Å². The number of rotatable bonds is 6. The number of alkyl halides is 3. The zero-order valence-corrected chi connectivity index (χ0v) is 18.1. The monoisotopic (exact) mass is 476 g/mol. The Labute approximate surface area is 192 Å². The number of H-pyrrole nitrogens is 1. The lowest BCUT2D eigenvalue weighted by molar-refractivity contribution is -0.137. The van der Waals surface area contributed by atoms with E-state index in [9.17, 15) is 22.8 Å². The summed E-state index contributed by atoms with van der Waals surface area (Å²) in [6, 6.07) is 9.43. The first-order valence-corrected chi connectivity index (χ1v) is 10.8. The van der Waals surface area contributed by atoms with Crippen molar-refractivity contribution in [2.75, 3.05) is 31.3 Å². The van der Waals surface area contributed by atoms with Crippen LogP contribution < -0.4 is 10.5 Å². The van der Waals surface area contributed by atoms with Crippen LogP contribution >= 0.6 is 0 Å². The number of aryl methyl sites for hydroxylation is 1. The molecule has 1 aromatic heterocycles. The molecule has 2 heterocycles. The molecule has 0 bridgehead atoms. The second-order valence-electron chi connectivity index (χ2n) is 7.83. The van der Waals surface area contributed by atoms with Crippen LogP contribution in [0.5, 0.6) is 0 Å². The average Bonchev–Trinajstić information content (AvgIpc) is 3.15. The van der Waals surface area contributed by atoms with Crippen LogP contribution in [0.1, 0.15) is 28.8 Å². The molecule has 0 spiro atoms. The van der Waals surface area contributed by atoms with Crippen molar-refractivity contribution in [1.29, 1.82) is 0 Å². The highest BCUT2D eigenvalue weighted by atomic mass is 19.4. The summed E-state index contributed by atoms with van der Waals surface area (Å²) in [5, 5.41) is 9.13. The molecule has 8 nitrogen and oxygen atoms in total. The number of nitrogens with one attached hydrogen (secondary N) is 1. The second kappa shape index (κ2) is 9.82. The molecular formula is C23H23F3N4O4. The van der Waals surface area contributed by atoms with Crippen LogP contribution in [0.15, 0.2) is 47.5 Å². The van der Waals surface area contributed by atoms with Crippen molar-refractivity contribution >= 4 is 28.5 Å². The minimum Gasteiger partial charge on any atom is -0.396 e. The van der Waals surface area contributed by atoms with Gasteiger partial charge >= 0.3 is 6.18 Å². The first-order valence-electron chi connectivity index (χ1n) is 10.8. The predicted octanol–water partition coefficient (Wildman–Crippen LogP) is 2.87. The van der Waals surface area contributed by atoms with Gasteiger partial charge in [0.25, 0.3) is 11.8 Å². The summed E-state index contributed by atoms with van der Waals surface area (Å²) in [6.45, 7) is 1.25. The lowest BCUT2D eigenvalue weighted by atomic mass is 10.1. The first kappa shape index (κ1) is 23.7. The van der Waals surface area contributed by atoms with Crippen LogP contribution in [0.25, 0.3) is 11.0 Å². The lowest BCUT2D eigenvalue weighted by Crippen LogP contribution is -2.41. The van der Waals surface area contributed by atoms with Gasteiger partial charge in [0.15, 0.2) is 0 Å². The Balaban J connectivity index is 1.75. The molecule has 2 N–H and O–H groups in total. The molecule has 0 atom stereocenters. The summed E-state index contributed by atoms with van der Waals surface area (Å²) in [6.07, 6.45) is -3.45. The van der Waals surface area contributed by atoms with E-state index in [1.54, 1.807) is 27.7 Å². The Kier molecular flexibility index (Phi) is 6.85. The van der Waals surface area contributed by atoms with E-state index in [0.717, 1.165) is 18.2 Å². The van der Waals surface area contributed by atoms with E-state index in [2.05, 4.69) is 9.98 Å². The van der Waals surface area contributed by atoms with Gasteiger partial charge in [-0.1, -0.05) is 6.07 Å². The van der Waals surface area contributed by atoms with Gasteiger partial charge in [0.05, 0.1) is 23.2 Å². The van der Waals surface area contributed by atoms with Crippen LogP contribution in [-0.4, -0.2) is 52.8 Å². The molecule has 0 saturated carbocycles. The van der Waals surface area contributed by atoms with Crippen molar-refractivity contribution in [3.05, 3.63) is 59.2 Å². The van der Waals surface area contributed by atoms with Crippen molar-refractivity contribution in [3.8, 4) is 0 Å². The molecule has 1 fully saturated rings. The summed E-state index contributed by atoms with van der Waals surface area (Å²) in [5.41, 5.74) is 1.02. The van der Waals surface area contributed by atoms with Gasteiger partial charge in [0.2, 0.25) is 5.62 Å². The highest BCUT2D eigenvalue weighted by Crippen LogP contribution is 2.29. The molecule has 1 aliphatic heterocycles. The van der Waals surface area contributed by atoms with Gasteiger partial charge in [-0.3, -0.25) is 9.59 Å². The number of carbonyl (C=O) groups is 2. The molecule has 2 aromatic carbocycles. The van der Waals surface area contributed by atoms with Crippen LogP contribution in [-0.2, 0) is 22.3 Å².